The third-order valence-corrected chi connectivity index (χ3v) is 9.79. The van der Waals surface area contributed by atoms with Crippen LogP contribution < -0.4 is 0 Å². The monoisotopic (exact) mass is 512 g/mol. The van der Waals surface area contributed by atoms with Crippen LogP contribution in [0.25, 0.3) is 0 Å². The van der Waals surface area contributed by atoms with Gasteiger partial charge in [0.15, 0.2) is 0 Å². The molecule has 3 aromatic carbocycles. The molecule has 0 aromatic heterocycles. The maximum atomic E-state index is 11.3. The first-order valence-electron chi connectivity index (χ1n) is 14.7. The molecule has 0 amide bonds. The fraction of sp³-hybridized carbons (Fsp3) is 0.486. The van der Waals surface area contributed by atoms with E-state index in [1.54, 1.807) is 6.07 Å². The zero-order chi connectivity index (χ0) is 27.0. The summed E-state index contributed by atoms with van der Waals surface area (Å²) in [4.78, 5) is 0. The highest BCUT2D eigenvalue weighted by molar-refractivity contribution is 5.60. The van der Waals surface area contributed by atoms with Gasteiger partial charge in [-0.1, -0.05) is 62.8 Å². The van der Waals surface area contributed by atoms with Crippen LogP contribution in [0.3, 0.4) is 0 Å². The van der Waals surface area contributed by atoms with E-state index in [0.717, 1.165) is 64.6 Å². The Hall–Kier alpha value is -2.94. The van der Waals surface area contributed by atoms with Crippen LogP contribution in [0.2, 0.25) is 0 Å². The molecule has 3 N–H and O–H groups in total. The molecule has 5 rings (SSSR count). The lowest BCUT2D eigenvalue weighted by atomic mass is 9.74. The lowest BCUT2D eigenvalue weighted by molar-refractivity contribution is 0.411. The molecule has 2 aliphatic rings. The fourth-order valence-corrected chi connectivity index (χ4v) is 7.19. The van der Waals surface area contributed by atoms with Gasteiger partial charge in [-0.05, 0) is 127 Å². The van der Waals surface area contributed by atoms with E-state index < -0.39 is 0 Å². The molecule has 0 atom stereocenters. The molecule has 38 heavy (non-hydrogen) atoms. The molecule has 0 aliphatic heterocycles. The average Bonchev–Trinajstić information content (AvgIpc) is 2.94. The van der Waals surface area contributed by atoms with Crippen molar-refractivity contribution in [3.63, 3.8) is 0 Å². The standard InChI is InChI=1S/C35H44O3/c1-21-23(3)34(37)31(25-12-7-5-8-13-25)19-29(21)33(27-16-11-17-28(36)18-27)30-20-32(26-14-9-6-10-15-26)35(38)24(4)22(30)2/h11,16-20,25-26,33,36-38H,5-10,12-15H2,1-4H3. The molecular formula is C35H44O3. The van der Waals surface area contributed by atoms with Crippen molar-refractivity contribution < 1.29 is 15.3 Å². The van der Waals surface area contributed by atoms with Crippen molar-refractivity contribution in [1.29, 1.82) is 0 Å². The molecule has 0 spiro atoms. The van der Waals surface area contributed by atoms with Crippen molar-refractivity contribution in [3.05, 3.63) is 86.5 Å². The molecular weight excluding hydrogens is 468 g/mol. The summed E-state index contributed by atoms with van der Waals surface area (Å²) < 4.78 is 0. The lowest BCUT2D eigenvalue weighted by Crippen LogP contribution is -2.14. The minimum Gasteiger partial charge on any atom is -0.508 e. The van der Waals surface area contributed by atoms with Gasteiger partial charge in [-0.3, -0.25) is 0 Å². The Morgan fingerprint density at radius 1 is 0.579 bits per heavy atom. The smallest absolute Gasteiger partial charge is 0.122 e. The second-order valence-electron chi connectivity index (χ2n) is 12.0. The second kappa shape index (κ2) is 11.0. The summed E-state index contributed by atoms with van der Waals surface area (Å²) in [6, 6.07) is 12.2. The molecule has 2 saturated carbocycles. The molecule has 0 unspecified atom stereocenters. The van der Waals surface area contributed by atoms with Gasteiger partial charge in [-0.2, -0.15) is 0 Å². The number of hydrogen-bond acceptors (Lipinski definition) is 3. The molecule has 202 valence electrons. The molecule has 3 nitrogen and oxygen atoms in total. The summed E-state index contributed by atoms with van der Waals surface area (Å²) in [7, 11) is 0. The molecule has 0 radical (unpaired) electrons. The molecule has 3 aromatic rings. The van der Waals surface area contributed by atoms with Crippen LogP contribution in [0.15, 0.2) is 36.4 Å². The maximum Gasteiger partial charge on any atom is 0.122 e. The van der Waals surface area contributed by atoms with Crippen LogP contribution in [-0.2, 0) is 0 Å². The van der Waals surface area contributed by atoms with E-state index >= 15 is 0 Å². The third-order valence-electron chi connectivity index (χ3n) is 9.79. The Morgan fingerprint density at radius 2 is 1.03 bits per heavy atom. The van der Waals surface area contributed by atoms with E-state index in [0.29, 0.717) is 23.3 Å². The van der Waals surface area contributed by atoms with Gasteiger partial charge in [-0.25, -0.2) is 0 Å². The van der Waals surface area contributed by atoms with Crippen LogP contribution >= 0.6 is 0 Å². The van der Waals surface area contributed by atoms with Crippen molar-refractivity contribution in [2.24, 2.45) is 0 Å². The first-order valence-corrected chi connectivity index (χ1v) is 14.7. The van der Waals surface area contributed by atoms with Crippen LogP contribution in [0.4, 0.5) is 0 Å². The quantitative estimate of drug-likeness (QED) is 0.298. The maximum absolute atomic E-state index is 11.3. The van der Waals surface area contributed by atoms with E-state index in [1.165, 1.54) is 49.7 Å². The van der Waals surface area contributed by atoms with Gasteiger partial charge in [0, 0.05) is 5.92 Å². The molecule has 2 aliphatic carbocycles. The molecule has 0 saturated heterocycles. The number of aromatic hydroxyl groups is 3. The van der Waals surface area contributed by atoms with Crippen LogP contribution in [0.1, 0.15) is 132 Å². The summed E-state index contributed by atoms with van der Waals surface area (Å²) in [5.74, 6) is 1.82. The summed E-state index contributed by atoms with van der Waals surface area (Å²) in [5, 5.41) is 33.1. The zero-order valence-electron chi connectivity index (χ0n) is 23.6. The van der Waals surface area contributed by atoms with Crippen molar-refractivity contribution in [2.45, 2.75) is 110 Å². The molecule has 3 heteroatoms. The Labute approximate surface area is 228 Å². The number of phenolic OH excluding ortho intramolecular Hbond substituents is 3. The van der Waals surface area contributed by atoms with E-state index in [2.05, 4.69) is 32.0 Å². The van der Waals surface area contributed by atoms with Gasteiger partial charge in [0.2, 0.25) is 0 Å². The molecule has 2 fully saturated rings. The summed E-state index contributed by atoms with van der Waals surface area (Å²) in [6.07, 6.45) is 11.9. The topological polar surface area (TPSA) is 60.7 Å². The highest BCUT2D eigenvalue weighted by Crippen LogP contribution is 2.48. The van der Waals surface area contributed by atoms with Crippen LogP contribution in [0, 0.1) is 27.7 Å². The number of hydrogen-bond donors (Lipinski definition) is 3. The van der Waals surface area contributed by atoms with Crippen molar-refractivity contribution in [3.8, 4) is 17.2 Å². The largest absolute Gasteiger partial charge is 0.508 e. The number of rotatable bonds is 5. The Bertz CT molecular complexity index is 1230. The second-order valence-corrected chi connectivity index (χ2v) is 12.0. The highest BCUT2D eigenvalue weighted by atomic mass is 16.3. The van der Waals surface area contributed by atoms with Crippen LogP contribution in [0.5, 0.6) is 17.2 Å². The van der Waals surface area contributed by atoms with Gasteiger partial charge >= 0.3 is 0 Å². The first kappa shape index (κ1) is 26.7. The SMILES string of the molecule is Cc1c(C(c2cccc(O)c2)c2cc(C3CCCCC3)c(O)c(C)c2C)cc(C2CCCCC2)c(O)c1C. The van der Waals surface area contributed by atoms with Crippen LogP contribution in [-0.4, -0.2) is 15.3 Å². The minimum atomic E-state index is -0.106. The Kier molecular flexibility index (Phi) is 7.75. The van der Waals surface area contributed by atoms with E-state index in [-0.39, 0.29) is 11.7 Å². The number of phenols is 3. The summed E-state index contributed by atoms with van der Waals surface area (Å²) in [6.45, 7) is 8.33. The average molecular weight is 513 g/mol. The summed E-state index contributed by atoms with van der Waals surface area (Å²) in [5.41, 5.74) is 9.67. The predicted octanol–water partition coefficient (Wildman–Crippen LogP) is 9.31. The predicted molar refractivity (Wildman–Crippen MR) is 156 cm³/mol. The van der Waals surface area contributed by atoms with E-state index in [4.69, 9.17) is 0 Å². The van der Waals surface area contributed by atoms with Gasteiger partial charge in [0.1, 0.15) is 17.2 Å². The van der Waals surface area contributed by atoms with Crippen molar-refractivity contribution in [1.82, 2.24) is 0 Å². The van der Waals surface area contributed by atoms with Gasteiger partial charge in [0.25, 0.3) is 0 Å². The molecule has 0 heterocycles. The van der Waals surface area contributed by atoms with E-state index in [9.17, 15) is 15.3 Å². The number of benzene rings is 3. The Morgan fingerprint density at radius 3 is 1.45 bits per heavy atom. The van der Waals surface area contributed by atoms with Gasteiger partial charge in [-0.15, -0.1) is 0 Å². The van der Waals surface area contributed by atoms with Gasteiger partial charge < -0.3 is 15.3 Å². The van der Waals surface area contributed by atoms with Gasteiger partial charge in [0.05, 0.1) is 0 Å². The van der Waals surface area contributed by atoms with Crippen molar-refractivity contribution >= 4 is 0 Å². The first-order chi connectivity index (χ1) is 18.3. The lowest BCUT2D eigenvalue weighted by Gasteiger charge is -2.31. The highest BCUT2D eigenvalue weighted by Gasteiger charge is 2.30. The normalized spacial score (nSPS) is 17.3. The zero-order valence-corrected chi connectivity index (χ0v) is 23.6. The van der Waals surface area contributed by atoms with E-state index in [1.807, 2.05) is 26.0 Å². The fourth-order valence-electron chi connectivity index (χ4n) is 7.19. The third kappa shape index (κ3) is 4.93. The van der Waals surface area contributed by atoms with Crippen molar-refractivity contribution in [2.75, 3.05) is 0 Å². The summed E-state index contributed by atoms with van der Waals surface area (Å²) >= 11 is 0. The minimum absolute atomic E-state index is 0.106. The molecule has 0 bridgehead atoms. The Balaban J connectivity index is 1.75.